The van der Waals surface area contributed by atoms with Gasteiger partial charge in [-0.15, -0.1) is 0 Å². The molecule has 0 aliphatic heterocycles. The van der Waals surface area contributed by atoms with Gasteiger partial charge in [0, 0.05) is 0 Å². The Kier molecular flexibility index (Phi) is 6.69. The number of halogens is 1. The fourth-order valence-corrected chi connectivity index (χ4v) is 3.91. The number of hydrogen-bond acceptors (Lipinski definition) is 1. The van der Waals surface area contributed by atoms with Gasteiger partial charge in [0.2, 0.25) is 0 Å². The van der Waals surface area contributed by atoms with Crippen molar-refractivity contribution in [3.8, 4) is 0 Å². The second-order valence-corrected chi connectivity index (χ2v) is 6.63. The summed E-state index contributed by atoms with van der Waals surface area (Å²) in [5, 5.41) is 3.52. The molecular weight excluding hydrogens is 261 g/mol. The van der Waals surface area contributed by atoms with Crippen molar-refractivity contribution in [2.45, 2.75) is 52.4 Å². The second kappa shape index (κ2) is 8.53. The van der Waals surface area contributed by atoms with Crippen LogP contribution >= 0.6 is 0 Å². The Morgan fingerprint density at radius 1 is 1.19 bits per heavy atom. The van der Waals surface area contributed by atoms with E-state index in [2.05, 4.69) is 25.2 Å². The fourth-order valence-electron chi connectivity index (χ4n) is 3.91. The van der Waals surface area contributed by atoms with Crippen LogP contribution in [0.5, 0.6) is 0 Å². The molecule has 1 aliphatic carbocycles. The monoisotopic (exact) mass is 291 g/mol. The number of rotatable bonds is 7. The molecule has 1 saturated carbocycles. The summed E-state index contributed by atoms with van der Waals surface area (Å²) in [5.41, 5.74) is 1.17. The average molecular weight is 291 g/mol. The van der Waals surface area contributed by atoms with Gasteiger partial charge in [0.25, 0.3) is 0 Å². The van der Waals surface area contributed by atoms with Crippen molar-refractivity contribution in [2.24, 2.45) is 17.8 Å². The van der Waals surface area contributed by atoms with Gasteiger partial charge in [0.1, 0.15) is 5.82 Å². The highest BCUT2D eigenvalue weighted by atomic mass is 19.1. The van der Waals surface area contributed by atoms with E-state index in [1.807, 2.05) is 6.07 Å². The highest BCUT2D eigenvalue weighted by Crippen LogP contribution is 2.37. The van der Waals surface area contributed by atoms with Crippen LogP contribution in [0.3, 0.4) is 0 Å². The van der Waals surface area contributed by atoms with Crippen molar-refractivity contribution >= 4 is 0 Å². The van der Waals surface area contributed by atoms with Crippen molar-refractivity contribution in [3.63, 3.8) is 0 Å². The molecule has 2 rings (SSSR count). The van der Waals surface area contributed by atoms with Gasteiger partial charge < -0.3 is 5.32 Å². The highest BCUT2D eigenvalue weighted by Gasteiger charge is 2.29. The van der Waals surface area contributed by atoms with Gasteiger partial charge in [-0.25, -0.2) is 4.39 Å². The van der Waals surface area contributed by atoms with Gasteiger partial charge in [0.05, 0.1) is 0 Å². The minimum atomic E-state index is -0.100. The van der Waals surface area contributed by atoms with Crippen molar-refractivity contribution in [2.75, 3.05) is 13.1 Å². The van der Waals surface area contributed by atoms with Crippen LogP contribution in [0.25, 0.3) is 0 Å². The van der Waals surface area contributed by atoms with E-state index in [4.69, 9.17) is 0 Å². The molecule has 0 aromatic heterocycles. The van der Waals surface area contributed by atoms with Gasteiger partial charge in [-0.1, -0.05) is 45.2 Å². The molecule has 3 atom stereocenters. The highest BCUT2D eigenvalue weighted by molar-refractivity contribution is 5.17. The molecule has 1 aliphatic rings. The molecule has 1 aromatic rings. The Morgan fingerprint density at radius 3 is 2.76 bits per heavy atom. The molecule has 2 heteroatoms. The van der Waals surface area contributed by atoms with E-state index in [0.29, 0.717) is 5.92 Å². The summed E-state index contributed by atoms with van der Waals surface area (Å²) < 4.78 is 13.4. The Morgan fingerprint density at radius 2 is 2.05 bits per heavy atom. The van der Waals surface area contributed by atoms with E-state index in [-0.39, 0.29) is 5.82 Å². The van der Waals surface area contributed by atoms with Crippen molar-refractivity contribution in [3.05, 3.63) is 35.6 Å². The third kappa shape index (κ3) is 5.10. The van der Waals surface area contributed by atoms with Crippen LogP contribution in [0.1, 0.15) is 51.5 Å². The topological polar surface area (TPSA) is 12.0 Å². The first-order valence-electron chi connectivity index (χ1n) is 8.68. The van der Waals surface area contributed by atoms with Crippen LogP contribution < -0.4 is 5.32 Å². The molecule has 1 N–H and O–H groups in total. The molecule has 1 aromatic carbocycles. The smallest absolute Gasteiger partial charge is 0.123 e. The number of benzene rings is 1. The van der Waals surface area contributed by atoms with Crippen LogP contribution in [0.15, 0.2) is 24.3 Å². The van der Waals surface area contributed by atoms with E-state index >= 15 is 0 Å². The molecule has 21 heavy (non-hydrogen) atoms. The predicted octanol–water partition coefficient (Wildman–Crippen LogP) is 4.81. The lowest BCUT2D eigenvalue weighted by atomic mass is 9.70. The lowest BCUT2D eigenvalue weighted by Crippen LogP contribution is -2.34. The lowest BCUT2D eigenvalue weighted by molar-refractivity contribution is 0.168. The van der Waals surface area contributed by atoms with E-state index in [1.165, 1.54) is 37.7 Å². The van der Waals surface area contributed by atoms with Gasteiger partial charge >= 0.3 is 0 Å². The van der Waals surface area contributed by atoms with Crippen LogP contribution in [0, 0.1) is 23.6 Å². The maximum Gasteiger partial charge on any atom is 0.123 e. The lowest BCUT2D eigenvalue weighted by Gasteiger charge is -2.36. The van der Waals surface area contributed by atoms with Crippen molar-refractivity contribution in [1.29, 1.82) is 0 Å². The molecular formula is C19H30FN. The third-order valence-corrected chi connectivity index (χ3v) is 4.99. The van der Waals surface area contributed by atoms with E-state index < -0.39 is 0 Å². The van der Waals surface area contributed by atoms with Crippen molar-refractivity contribution < 1.29 is 4.39 Å². The quantitative estimate of drug-likeness (QED) is 0.760. The van der Waals surface area contributed by atoms with E-state index in [1.54, 1.807) is 12.1 Å². The maximum atomic E-state index is 13.4. The minimum absolute atomic E-state index is 0.100. The molecule has 0 heterocycles. The zero-order valence-electron chi connectivity index (χ0n) is 13.6. The number of hydrogen-bond donors (Lipinski definition) is 1. The van der Waals surface area contributed by atoms with Crippen LogP contribution in [-0.2, 0) is 6.42 Å². The van der Waals surface area contributed by atoms with E-state index in [0.717, 1.165) is 31.3 Å². The zero-order valence-corrected chi connectivity index (χ0v) is 13.6. The summed E-state index contributed by atoms with van der Waals surface area (Å²) in [6.07, 6.45) is 7.71. The molecule has 3 unspecified atom stereocenters. The molecule has 1 nitrogen and oxygen atoms in total. The molecule has 0 saturated heterocycles. The summed E-state index contributed by atoms with van der Waals surface area (Å²) in [4.78, 5) is 0. The third-order valence-electron chi connectivity index (χ3n) is 4.99. The van der Waals surface area contributed by atoms with Gasteiger partial charge in [-0.3, -0.25) is 0 Å². The SMILES string of the molecule is CCCC1CCC(CNCC)C(Cc2cccc(F)c2)C1. The Labute approximate surface area is 129 Å². The van der Waals surface area contributed by atoms with Gasteiger partial charge in [-0.05, 0) is 67.8 Å². The molecule has 0 spiro atoms. The Bertz CT molecular complexity index is 418. The normalized spacial score (nSPS) is 26.0. The minimum Gasteiger partial charge on any atom is -0.317 e. The van der Waals surface area contributed by atoms with Crippen LogP contribution in [0.4, 0.5) is 4.39 Å². The van der Waals surface area contributed by atoms with Crippen molar-refractivity contribution in [1.82, 2.24) is 5.32 Å². The Balaban J connectivity index is 2.01. The van der Waals surface area contributed by atoms with Crippen LogP contribution in [0.2, 0.25) is 0 Å². The first-order valence-corrected chi connectivity index (χ1v) is 8.68. The van der Waals surface area contributed by atoms with Gasteiger partial charge in [0.15, 0.2) is 0 Å². The molecule has 0 radical (unpaired) electrons. The molecule has 118 valence electrons. The second-order valence-electron chi connectivity index (χ2n) is 6.63. The molecule has 0 bridgehead atoms. The number of nitrogens with one attached hydrogen (secondary N) is 1. The average Bonchev–Trinajstić information content (AvgIpc) is 2.47. The predicted molar refractivity (Wildman–Crippen MR) is 87.9 cm³/mol. The first-order chi connectivity index (χ1) is 10.2. The summed E-state index contributed by atoms with van der Waals surface area (Å²) in [5.74, 6) is 2.24. The molecule has 1 fully saturated rings. The standard InChI is InChI=1S/C19H30FN/c1-3-6-15-9-10-17(14-21-4-2)18(11-15)12-16-7-5-8-19(20)13-16/h5,7-8,13,15,17-18,21H,3-4,6,9-12,14H2,1-2H3. The van der Waals surface area contributed by atoms with Crippen LogP contribution in [-0.4, -0.2) is 13.1 Å². The zero-order chi connectivity index (χ0) is 15.1. The Hall–Kier alpha value is -0.890. The first kappa shape index (κ1) is 16.5. The van der Waals surface area contributed by atoms with E-state index in [9.17, 15) is 4.39 Å². The largest absolute Gasteiger partial charge is 0.317 e. The summed E-state index contributed by atoms with van der Waals surface area (Å²) >= 11 is 0. The summed E-state index contributed by atoms with van der Waals surface area (Å²) in [7, 11) is 0. The maximum absolute atomic E-state index is 13.4. The van der Waals surface area contributed by atoms with Gasteiger partial charge in [-0.2, -0.15) is 0 Å². The summed E-state index contributed by atoms with van der Waals surface area (Å²) in [6.45, 7) is 6.62. The molecule has 0 amide bonds. The fraction of sp³-hybridized carbons (Fsp3) is 0.684. The summed E-state index contributed by atoms with van der Waals surface area (Å²) in [6, 6.07) is 7.18.